The van der Waals surface area contributed by atoms with Gasteiger partial charge in [0.15, 0.2) is 5.78 Å². The third kappa shape index (κ3) is 1.39. The second-order valence-corrected chi connectivity index (χ2v) is 8.53. The Balaban J connectivity index is 1.62. The Morgan fingerprint density at radius 1 is 1.35 bits per heavy atom. The minimum atomic E-state index is 0.390. The van der Waals surface area contributed by atoms with E-state index in [-0.39, 0.29) is 0 Å². The third-order valence-corrected chi connectivity index (χ3v) is 6.74. The molecule has 4 atom stereocenters. The van der Waals surface area contributed by atoms with E-state index in [2.05, 4.69) is 22.9 Å². The summed E-state index contributed by atoms with van der Waals surface area (Å²) in [5.41, 5.74) is 0.987. The number of thiophene rings is 1. The Morgan fingerprint density at radius 3 is 2.53 bits per heavy atom. The first-order chi connectivity index (χ1) is 8.16. The molecule has 0 aromatic carbocycles. The van der Waals surface area contributed by atoms with Gasteiger partial charge in [-0.3, -0.25) is 4.79 Å². The molecule has 4 unspecified atom stereocenters. The predicted molar refractivity (Wildman–Crippen MR) is 72.4 cm³/mol. The summed E-state index contributed by atoms with van der Waals surface area (Å²) < 4.78 is 1.09. The first-order valence-electron chi connectivity index (χ1n) is 6.47. The molecule has 3 aliphatic carbocycles. The van der Waals surface area contributed by atoms with E-state index in [1.807, 2.05) is 6.07 Å². The van der Waals surface area contributed by atoms with Gasteiger partial charge < -0.3 is 0 Å². The Morgan fingerprint density at radius 2 is 2.00 bits per heavy atom. The van der Waals surface area contributed by atoms with Gasteiger partial charge in [0.25, 0.3) is 0 Å². The van der Waals surface area contributed by atoms with Crippen LogP contribution < -0.4 is 0 Å². The number of fused-ring (bicyclic) bond motifs is 5. The van der Waals surface area contributed by atoms with Gasteiger partial charge in [0, 0.05) is 16.4 Å². The zero-order valence-electron chi connectivity index (χ0n) is 9.78. The van der Waals surface area contributed by atoms with E-state index in [1.165, 1.54) is 24.1 Å². The number of rotatable bonds is 2. The fourth-order valence-electron chi connectivity index (χ4n) is 4.55. The number of hydrogen-bond acceptors (Lipinski definition) is 2. The molecule has 3 saturated carbocycles. The molecular weight excluding hydrogens is 296 g/mol. The van der Waals surface area contributed by atoms with Crippen molar-refractivity contribution in [3.05, 3.63) is 20.3 Å². The summed E-state index contributed by atoms with van der Waals surface area (Å²) in [5, 5.41) is 0. The lowest BCUT2D eigenvalue weighted by molar-refractivity contribution is 0.0944. The third-order valence-electron chi connectivity index (χ3n) is 5.19. The van der Waals surface area contributed by atoms with Gasteiger partial charge in [0.2, 0.25) is 0 Å². The van der Waals surface area contributed by atoms with Crippen LogP contribution in [0.25, 0.3) is 0 Å². The SMILES string of the molecule is Cc1sc(Br)cc1C(=O)C1C2C3CCC(C3)C12. The molecule has 1 aromatic heterocycles. The average Bonchev–Trinajstić information content (AvgIpc) is 2.59. The van der Waals surface area contributed by atoms with Crippen molar-refractivity contribution < 1.29 is 4.79 Å². The number of ketones is 1. The van der Waals surface area contributed by atoms with Crippen LogP contribution in [0.2, 0.25) is 0 Å². The molecule has 17 heavy (non-hydrogen) atoms. The summed E-state index contributed by atoms with van der Waals surface area (Å²) >= 11 is 5.17. The number of carbonyl (C=O) groups is 1. The van der Waals surface area contributed by atoms with Crippen molar-refractivity contribution in [2.75, 3.05) is 0 Å². The first kappa shape index (κ1) is 10.7. The van der Waals surface area contributed by atoms with Crippen molar-refractivity contribution in [1.29, 1.82) is 0 Å². The molecule has 0 amide bonds. The molecule has 1 aromatic rings. The molecule has 1 nitrogen and oxygen atoms in total. The van der Waals surface area contributed by atoms with E-state index in [0.29, 0.717) is 11.7 Å². The van der Waals surface area contributed by atoms with Crippen molar-refractivity contribution in [3.63, 3.8) is 0 Å². The number of carbonyl (C=O) groups excluding carboxylic acids is 1. The maximum atomic E-state index is 12.6. The number of Topliss-reactive ketones (excluding diaryl/α,β-unsaturated/α-hetero) is 1. The van der Waals surface area contributed by atoms with Crippen molar-refractivity contribution in [3.8, 4) is 0 Å². The molecule has 2 bridgehead atoms. The van der Waals surface area contributed by atoms with Crippen molar-refractivity contribution in [1.82, 2.24) is 0 Å². The van der Waals surface area contributed by atoms with Gasteiger partial charge in [0.05, 0.1) is 3.79 Å². The topological polar surface area (TPSA) is 17.1 Å². The summed E-state index contributed by atoms with van der Waals surface area (Å²) in [5.74, 6) is 4.14. The minimum absolute atomic E-state index is 0.390. The van der Waals surface area contributed by atoms with E-state index in [1.54, 1.807) is 11.3 Å². The molecule has 90 valence electrons. The van der Waals surface area contributed by atoms with Gasteiger partial charge >= 0.3 is 0 Å². The van der Waals surface area contributed by atoms with Crippen molar-refractivity contribution in [2.24, 2.45) is 29.6 Å². The molecule has 1 heterocycles. The highest BCUT2D eigenvalue weighted by atomic mass is 79.9. The first-order valence-corrected chi connectivity index (χ1v) is 8.08. The highest BCUT2D eigenvalue weighted by Gasteiger charge is 2.67. The van der Waals surface area contributed by atoms with Crippen LogP contribution in [0.15, 0.2) is 9.85 Å². The lowest BCUT2D eigenvalue weighted by Gasteiger charge is -2.07. The Labute approximate surface area is 114 Å². The van der Waals surface area contributed by atoms with E-state index < -0.39 is 0 Å². The molecule has 0 N–H and O–H groups in total. The van der Waals surface area contributed by atoms with Crippen LogP contribution in [-0.2, 0) is 0 Å². The molecule has 3 fully saturated rings. The van der Waals surface area contributed by atoms with Crippen LogP contribution in [0.5, 0.6) is 0 Å². The van der Waals surface area contributed by atoms with Crippen LogP contribution in [-0.4, -0.2) is 5.78 Å². The summed E-state index contributed by atoms with van der Waals surface area (Å²) in [4.78, 5) is 13.7. The van der Waals surface area contributed by atoms with Crippen LogP contribution in [0.3, 0.4) is 0 Å². The van der Waals surface area contributed by atoms with Crippen LogP contribution in [0.1, 0.15) is 34.5 Å². The van der Waals surface area contributed by atoms with Gasteiger partial charge in [-0.2, -0.15) is 0 Å². The number of halogens is 1. The highest BCUT2D eigenvalue weighted by Crippen LogP contribution is 2.70. The zero-order valence-corrected chi connectivity index (χ0v) is 12.2. The molecule has 0 aliphatic heterocycles. The standard InChI is InChI=1S/C14H15BrOS/c1-6-9(5-10(15)17-6)14(16)13-11-7-2-3-8(4-7)12(11)13/h5,7-8,11-13H,2-4H2,1H3. The Bertz CT molecular complexity index is 490. The number of aryl methyl sites for hydroxylation is 1. The molecule has 3 heteroatoms. The smallest absolute Gasteiger partial charge is 0.167 e. The van der Waals surface area contributed by atoms with Crippen LogP contribution in [0.4, 0.5) is 0 Å². The molecular formula is C14H15BrOS. The monoisotopic (exact) mass is 310 g/mol. The van der Waals surface area contributed by atoms with Crippen molar-refractivity contribution in [2.45, 2.75) is 26.2 Å². The summed E-state index contributed by atoms with van der Waals surface area (Å²) in [6.07, 6.45) is 4.20. The maximum Gasteiger partial charge on any atom is 0.167 e. The summed E-state index contributed by atoms with van der Waals surface area (Å²) in [7, 11) is 0. The molecule has 0 spiro atoms. The Kier molecular flexibility index (Phi) is 2.18. The fourth-order valence-corrected chi connectivity index (χ4v) is 6.24. The van der Waals surface area contributed by atoms with Gasteiger partial charge in [-0.1, -0.05) is 0 Å². The van der Waals surface area contributed by atoms with E-state index >= 15 is 0 Å². The molecule has 0 saturated heterocycles. The minimum Gasteiger partial charge on any atom is -0.294 e. The summed E-state index contributed by atoms with van der Waals surface area (Å²) in [6.45, 7) is 2.06. The quantitative estimate of drug-likeness (QED) is 0.745. The van der Waals surface area contributed by atoms with Crippen LogP contribution >= 0.6 is 27.3 Å². The average molecular weight is 311 g/mol. The second kappa shape index (κ2) is 3.45. The van der Waals surface area contributed by atoms with E-state index in [9.17, 15) is 4.79 Å². The fraction of sp³-hybridized carbons (Fsp3) is 0.643. The van der Waals surface area contributed by atoms with Crippen molar-refractivity contribution >= 4 is 33.0 Å². The van der Waals surface area contributed by atoms with Gasteiger partial charge in [-0.25, -0.2) is 0 Å². The Hall–Kier alpha value is -0.150. The normalized spacial score (nSPS) is 41.6. The lowest BCUT2D eigenvalue weighted by atomic mass is 9.97. The second-order valence-electron chi connectivity index (χ2n) is 5.90. The predicted octanol–water partition coefficient (Wildman–Crippen LogP) is 4.29. The maximum absolute atomic E-state index is 12.6. The molecule has 0 radical (unpaired) electrons. The summed E-state index contributed by atoms with van der Waals surface area (Å²) in [6, 6.07) is 2.03. The lowest BCUT2D eigenvalue weighted by Crippen LogP contribution is -2.10. The number of hydrogen-bond donors (Lipinski definition) is 0. The largest absolute Gasteiger partial charge is 0.294 e. The van der Waals surface area contributed by atoms with E-state index in [4.69, 9.17) is 0 Å². The zero-order chi connectivity index (χ0) is 11.7. The molecule has 4 rings (SSSR count). The van der Waals surface area contributed by atoms with Gasteiger partial charge in [0.1, 0.15) is 0 Å². The highest BCUT2D eigenvalue weighted by molar-refractivity contribution is 9.11. The van der Waals surface area contributed by atoms with Gasteiger partial charge in [-0.05, 0) is 71.9 Å². The molecule has 3 aliphatic rings. The van der Waals surface area contributed by atoms with Gasteiger partial charge in [-0.15, -0.1) is 11.3 Å². The van der Waals surface area contributed by atoms with Crippen LogP contribution in [0, 0.1) is 36.5 Å². The van der Waals surface area contributed by atoms with E-state index in [0.717, 1.165) is 33.0 Å².